The first-order chi connectivity index (χ1) is 11.3. The molecule has 0 spiro atoms. The molecule has 0 aliphatic rings. The van der Waals surface area contributed by atoms with Gasteiger partial charge in [0.2, 0.25) is 5.91 Å². The predicted molar refractivity (Wildman–Crippen MR) is 93.9 cm³/mol. The van der Waals surface area contributed by atoms with Gasteiger partial charge >= 0.3 is 5.97 Å². The summed E-state index contributed by atoms with van der Waals surface area (Å²) in [6, 6.07) is 6.17. The second kappa shape index (κ2) is 7.63. The van der Waals surface area contributed by atoms with Gasteiger partial charge in [-0.2, -0.15) is 0 Å². The maximum Gasteiger partial charge on any atom is 0.337 e. The number of thioether (sulfide) groups is 1. The van der Waals surface area contributed by atoms with E-state index in [9.17, 15) is 9.59 Å². The summed E-state index contributed by atoms with van der Waals surface area (Å²) in [7, 11) is 0. The van der Waals surface area contributed by atoms with Crippen molar-refractivity contribution in [2.45, 2.75) is 31.2 Å². The minimum atomic E-state index is -1.15. The molecule has 1 atom stereocenters. The number of amides is 1. The number of anilines is 1. The van der Waals surface area contributed by atoms with Gasteiger partial charge in [0.05, 0.1) is 15.8 Å². The van der Waals surface area contributed by atoms with Crippen molar-refractivity contribution in [1.29, 1.82) is 0 Å². The Hall–Kier alpha value is -2.12. The Labute approximate surface area is 148 Å². The lowest BCUT2D eigenvalue weighted by Gasteiger charge is -2.12. The molecule has 0 aliphatic carbocycles. The molecule has 0 saturated carbocycles. The summed E-state index contributed by atoms with van der Waals surface area (Å²) in [6.45, 7) is 5.46. The van der Waals surface area contributed by atoms with Crippen molar-refractivity contribution >= 4 is 40.9 Å². The number of carboxylic acid groups (broad SMARTS) is 1. The highest BCUT2D eigenvalue weighted by molar-refractivity contribution is 8.00. The number of aryl methyl sites for hydroxylation is 2. The highest BCUT2D eigenvalue weighted by Crippen LogP contribution is 2.24. The summed E-state index contributed by atoms with van der Waals surface area (Å²) >= 11 is 7.05. The number of carbonyl (C=O) groups excluding carboxylic acids is 1. The van der Waals surface area contributed by atoms with Crippen molar-refractivity contribution in [1.82, 2.24) is 9.97 Å². The lowest BCUT2D eigenvalue weighted by molar-refractivity contribution is -0.115. The SMILES string of the molecule is Cc1cc(C)nc(SC(C)C(=O)Nc2ccc(Cl)c(C(=O)O)c2)n1. The van der Waals surface area contributed by atoms with Gasteiger partial charge in [0.15, 0.2) is 5.16 Å². The molecule has 2 rings (SSSR count). The Morgan fingerprint density at radius 1 is 1.21 bits per heavy atom. The molecule has 126 valence electrons. The number of hydrogen-bond acceptors (Lipinski definition) is 5. The number of nitrogens with zero attached hydrogens (tertiary/aromatic N) is 2. The van der Waals surface area contributed by atoms with E-state index in [0.717, 1.165) is 11.4 Å². The van der Waals surface area contributed by atoms with Crippen molar-refractivity contribution < 1.29 is 14.7 Å². The van der Waals surface area contributed by atoms with E-state index in [2.05, 4.69) is 15.3 Å². The average molecular weight is 366 g/mol. The first kappa shape index (κ1) is 18.2. The molecule has 0 fully saturated rings. The molecule has 6 nitrogen and oxygen atoms in total. The summed E-state index contributed by atoms with van der Waals surface area (Å²) in [5.74, 6) is -1.43. The highest BCUT2D eigenvalue weighted by Gasteiger charge is 2.18. The maximum absolute atomic E-state index is 12.3. The van der Waals surface area contributed by atoms with Gasteiger partial charge in [-0.15, -0.1) is 0 Å². The Kier molecular flexibility index (Phi) is 5.80. The average Bonchev–Trinajstić information content (AvgIpc) is 2.47. The predicted octanol–water partition coefficient (Wildman–Crippen LogP) is 3.56. The zero-order valence-electron chi connectivity index (χ0n) is 13.3. The van der Waals surface area contributed by atoms with Crippen LogP contribution in [0.5, 0.6) is 0 Å². The van der Waals surface area contributed by atoms with E-state index in [1.807, 2.05) is 19.9 Å². The fourth-order valence-electron chi connectivity index (χ4n) is 1.97. The van der Waals surface area contributed by atoms with Gasteiger partial charge < -0.3 is 10.4 Å². The molecule has 1 aromatic heterocycles. The molecule has 1 heterocycles. The number of aromatic nitrogens is 2. The number of carboxylic acids is 1. The summed E-state index contributed by atoms with van der Waals surface area (Å²) in [5.41, 5.74) is 1.98. The number of hydrogen-bond donors (Lipinski definition) is 2. The topological polar surface area (TPSA) is 92.2 Å². The standard InChI is InChI=1S/C16H16ClN3O3S/c1-8-6-9(2)19-16(18-8)24-10(3)14(21)20-11-4-5-13(17)12(7-11)15(22)23/h4-7,10H,1-3H3,(H,20,21)(H,22,23). The molecule has 0 bridgehead atoms. The lowest BCUT2D eigenvalue weighted by Crippen LogP contribution is -2.23. The summed E-state index contributed by atoms with van der Waals surface area (Å²) in [6.07, 6.45) is 0. The second-order valence-electron chi connectivity index (χ2n) is 5.18. The van der Waals surface area contributed by atoms with Crippen LogP contribution in [0, 0.1) is 13.8 Å². The van der Waals surface area contributed by atoms with Crippen molar-refractivity contribution in [3.05, 3.63) is 46.2 Å². The minimum absolute atomic E-state index is 0.0626. The van der Waals surface area contributed by atoms with Crippen LogP contribution in [-0.2, 0) is 4.79 Å². The first-order valence-electron chi connectivity index (χ1n) is 7.09. The van der Waals surface area contributed by atoms with E-state index < -0.39 is 11.2 Å². The van der Waals surface area contributed by atoms with E-state index >= 15 is 0 Å². The number of halogens is 1. The molecule has 2 N–H and O–H groups in total. The zero-order valence-corrected chi connectivity index (χ0v) is 14.9. The van der Waals surface area contributed by atoms with Crippen molar-refractivity contribution in [2.75, 3.05) is 5.32 Å². The van der Waals surface area contributed by atoms with Crippen LogP contribution < -0.4 is 5.32 Å². The number of rotatable bonds is 5. The summed E-state index contributed by atoms with van der Waals surface area (Å²) in [4.78, 5) is 31.9. The molecule has 1 unspecified atom stereocenters. The van der Waals surface area contributed by atoms with E-state index in [1.54, 1.807) is 13.0 Å². The smallest absolute Gasteiger partial charge is 0.337 e. The van der Waals surface area contributed by atoms with Crippen LogP contribution >= 0.6 is 23.4 Å². The monoisotopic (exact) mass is 365 g/mol. The maximum atomic E-state index is 12.3. The molecule has 0 radical (unpaired) electrons. The van der Waals surface area contributed by atoms with Gasteiger partial charge in [0.1, 0.15) is 0 Å². The van der Waals surface area contributed by atoms with Gasteiger partial charge in [-0.25, -0.2) is 14.8 Å². The Balaban J connectivity index is 2.09. The molecule has 0 aliphatic heterocycles. The largest absolute Gasteiger partial charge is 0.478 e. The second-order valence-corrected chi connectivity index (χ2v) is 6.90. The van der Waals surface area contributed by atoms with Crippen molar-refractivity contribution in [3.63, 3.8) is 0 Å². The third kappa shape index (κ3) is 4.69. The minimum Gasteiger partial charge on any atom is -0.478 e. The van der Waals surface area contributed by atoms with E-state index in [0.29, 0.717) is 10.8 Å². The van der Waals surface area contributed by atoms with Crippen LogP contribution in [0.3, 0.4) is 0 Å². The van der Waals surface area contributed by atoms with E-state index in [-0.39, 0.29) is 16.5 Å². The fraction of sp³-hybridized carbons (Fsp3) is 0.250. The molecular weight excluding hydrogens is 350 g/mol. The summed E-state index contributed by atoms with van der Waals surface area (Å²) in [5, 5.41) is 11.9. The number of carbonyl (C=O) groups is 2. The van der Waals surface area contributed by atoms with Gasteiger partial charge in [-0.1, -0.05) is 23.4 Å². The molecule has 24 heavy (non-hydrogen) atoms. The van der Waals surface area contributed by atoms with Crippen LogP contribution in [0.25, 0.3) is 0 Å². The number of aromatic carboxylic acids is 1. The van der Waals surface area contributed by atoms with Gasteiger partial charge in [-0.05, 0) is 45.0 Å². The fourth-order valence-corrected chi connectivity index (χ4v) is 3.04. The van der Waals surface area contributed by atoms with Crippen LogP contribution in [-0.4, -0.2) is 32.2 Å². The summed E-state index contributed by atoms with van der Waals surface area (Å²) < 4.78 is 0. The van der Waals surface area contributed by atoms with Crippen molar-refractivity contribution in [3.8, 4) is 0 Å². The lowest BCUT2D eigenvalue weighted by atomic mass is 10.2. The Morgan fingerprint density at radius 2 is 1.83 bits per heavy atom. The molecule has 1 aromatic carbocycles. The van der Waals surface area contributed by atoms with Gasteiger partial charge in [0.25, 0.3) is 0 Å². The van der Waals surface area contributed by atoms with Gasteiger partial charge in [-0.3, -0.25) is 4.79 Å². The molecule has 8 heteroatoms. The Bertz CT molecular complexity index is 778. The van der Waals surface area contributed by atoms with Crippen LogP contribution in [0.15, 0.2) is 29.4 Å². The quantitative estimate of drug-likeness (QED) is 0.621. The molecule has 1 amide bonds. The van der Waals surface area contributed by atoms with Crippen LogP contribution in [0.4, 0.5) is 5.69 Å². The van der Waals surface area contributed by atoms with E-state index in [4.69, 9.17) is 16.7 Å². The third-order valence-electron chi connectivity index (χ3n) is 3.08. The zero-order chi connectivity index (χ0) is 17.9. The number of nitrogens with one attached hydrogen (secondary N) is 1. The van der Waals surface area contributed by atoms with Crippen LogP contribution in [0.2, 0.25) is 5.02 Å². The highest BCUT2D eigenvalue weighted by atomic mass is 35.5. The molecule has 2 aromatic rings. The molecular formula is C16H16ClN3O3S. The van der Waals surface area contributed by atoms with E-state index in [1.165, 1.54) is 23.9 Å². The third-order valence-corrected chi connectivity index (χ3v) is 4.37. The first-order valence-corrected chi connectivity index (χ1v) is 8.34. The Morgan fingerprint density at radius 3 is 2.42 bits per heavy atom. The van der Waals surface area contributed by atoms with Gasteiger partial charge in [0, 0.05) is 17.1 Å². The molecule has 0 saturated heterocycles. The van der Waals surface area contributed by atoms with Crippen molar-refractivity contribution in [2.24, 2.45) is 0 Å². The number of benzene rings is 1. The van der Waals surface area contributed by atoms with Crippen LogP contribution in [0.1, 0.15) is 28.7 Å². The normalized spacial score (nSPS) is 11.8.